The number of aromatic nitrogens is 2. The molecule has 5 heteroatoms. The summed E-state index contributed by atoms with van der Waals surface area (Å²) in [6, 6.07) is 9.96. The quantitative estimate of drug-likeness (QED) is 0.834. The van der Waals surface area contributed by atoms with Crippen LogP contribution in [0.4, 0.5) is 0 Å². The summed E-state index contributed by atoms with van der Waals surface area (Å²) in [7, 11) is 0. The van der Waals surface area contributed by atoms with E-state index in [-0.39, 0.29) is 5.91 Å². The smallest absolute Gasteiger partial charge is 0.221 e. The van der Waals surface area contributed by atoms with Crippen LogP contribution in [0.5, 0.6) is 0 Å². The Morgan fingerprint density at radius 3 is 2.67 bits per heavy atom. The fourth-order valence-corrected chi connectivity index (χ4v) is 1.95. The fraction of sp³-hybridized carbons (Fsp3) is 0.231. The number of aromatic amines is 1. The van der Waals surface area contributed by atoms with Crippen LogP contribution in [0.3, 0.4) is 0 Å². The van der Waals surface area contributed by atoms with Gasteiger partial charge in [-0.05, 0) is 17.2 Å². The Balaban J connectivity index is 1.94. The van der Waals surface area contributed by atoms with Gasteiger partial charge < -0.3 is 5.32 Å². The molecule has 0 bridgehead atoms. The van der Waals surface area contributed by atoms with Gasteiger partial charge in [-0.25, -0.2) is 0 Å². The van der Waals surface area contributed by atoms with Gasteiger partial charge in [0.1, 0.15) is 0 Å². The maximum absolute atomic E-state index is 11.3. The zero-order chi connectivity index (χ0) is 12.8. The lowest BCUT2D eigenvalue weighted by Crippen LogP contribution is -2.22. The third-order valence-electron chi connectivity index (χ3n) is 2.58. The molecule has 18 heavy (non-hydrogen) atoms. The van der Waals surface area contributed by atoms with E-state index in [0.717, 1.165) is 16.8 Å². The van der Waals surface area contributed by atoms with Crippen LogP contribution in [0.25, 0.3) is 11.3 Å². The van der Waals surface area contributed by atoms with Crippen molar-refractivity contribution < 1.29 is 4.79 Å². The molecule has 0 fully saturated rings. The number of H-pyrrole nitrogens is 1. The zero-order valence-electron chi connectivity index (χ0n) is 9.82. The summed E-state index contributed by atoms with van der Waals surface area (Å²) in [6.45, 7) is 0.565. The van der Waals surface area contributed by atoms with Crippen LogP contribution in [0.2, 0.25) is 0 Å². The Morgan fingerprint density at radius 1 is 1.28 bits per heavy atom. The van der Waals surface area contributed by atoms with E-state index in [9.17, 15) is 4.79 Å². The first-order chi connectivity index (χ1) is 8.79. The summed E-state index contributed by atoms with van der Waals surface area (Å²) < 4.78 is 0. The van der Waals surface area contributed by atoms with Gasteiger partial charge in [-0.3, -0.25) is 9.89 Å². The van der Waals surface area contributed by atoms with E-state index in [0.29, 0.717) is 18.3 Å². The van der Waals surface area contributed by atoms with Gasteiger partial charge in [-0.1, -0.05) is 40.2 Å². The molecule has 0 unspecified atom stereocenters. The summed E-state index contributed by atoms with van der Waals surface area (Å²) in [5.74, 6) is 0.0597. The van der Waals surface area contributed by atoms with Crippen molar-refractivity contribution in [1.29, 1.82) is 0 Å². The summed E-state index contributed by atoms with van der Waals surface area (Å²) >= 11 is 3.24. The lowest BCUT2D eigenvalue weighted by Gasteiger charge is -2.05. The molecule has 94 valence electrons. The van der Waals surface area contributed by atoms with E-state index in [1.807, 2.05) is 30.3 Å². The number of hydrogen-bond donors (Lipinski definition) is 2. The molecule has 2 rings (SSSR count). The number of amides is 1. The normalized spacial score (nSPS) is 10.3. The molecule has 1 aromatic carbocycles. The van der Waals surface area contributed by atoms with Crippen molar-refractivity contribution >= 4 is 21.8 Å². The molecule has 0 spiro atoms. The molecular formula is C13H14BrN3O. The Labute approximate surface area is 114 Å². The average molecular weight is 308 g/mol. The van der Waals surface area contributed by atoms with Gasteiger partial charge in [0.2, 0.25) is 5.91 Å². The Kier molecular flexibility index (Phi) is 4.52. The minimum Gasteiger partial charge on any atom is -0.352 e. The zero-order valence-corrected chi connectivity index (χ0v) is 11.4. The van der Waals surface area contributed by atoms with Crippen molar-refractivity contribution in [2.45, 2.75) is 13.0 Å². The third-order valence-corrected chi connectivity index (χ3v) is 2.97. The lowest BCUT2D eigenvalue weighted by molar-refractivity contribution is -0.120. The molecular weight excluding hydrogens is 294 g/mol. The Hall–Kier alpha value is -1.62. The number of hydrogen-bond acceptors (Lipinski definition) is 2. The number of rotatable bonds is 5. The van der Waals surface area contributed by atoms with Gasteiger partial charge in [0.05, 0.1) is 5.69 Å². The predicted octanol–water partition coefficient (Wildman–Crippen LogP) is 2.48. The van der Waals surface area contributed by atoms with Crippen LogP contribution in [0.15, 0.2) is 36.5 Å². The van der Waals surface area contributed by atoms with Gasteiger partial charge >= 0.3 is 0 Å². The second kappa shape index (κ2) is 6.35. The van der Waals surface area contributed by atoms with Crippen LogP contribution >= 0.6 is 15.9 Å². The van der Waals surface area contributed by atoms with Crippen molar-refractivity contribution in [3.05, 3.63) is 42.1 Å². The Morgan fingerprint density at radius 2 is 2.06 bits per heavy atom. The number of nitrogens with one attached hydrogen (secondary N) is 2. The van der Waals surface area contributed by atoms with Gasteiger partial charge in [0, 0.05) is 24.5 Å². The molecule has 1 aromatic heterocycles. The summed E-state index contributed by atoms with van der Waals surface area (Å²) in [5.41, 5.74) is 3.16. The minimum absolute atomic E-state index is 0.0597. The van der Waals surface area contributed by atoms with Crippen molar-refractivity contribution in [3.8, 4) is 11.3 Å². The molecule has 0 aliphatic carbocycles. The van der Waals surface area contributed by atoms with Crippen LogP contribution in [0.1, 0.15) is 12.0 Å². The van der Waals surface area contributed by atoms with E-state index in [2.05, 4.69) is 31.4 Å². The van der Waals surface area contributed by atoms with E-state index < -0.39 is 0 Å². The second-order valence-corrected chi connectivity index (χ2v) is 4.68. The highest BCUT2D eigenvalue weighted by molar-refractivity contribution is 9.09. The molecule has 0 saturated heterocycles. The number of carbonyl (C=O) groups is 1. The lowest BCUT2D eigenvalue weighted by atomic mass is 10.1. The van der Waals surface area contributed by atoms with Gasteiger partial charge in [0.25, 0.3) is 0 Å². The van der Waals surface area contributed by atoms with Gasteiger partial charge in [-0.15, -0.1) is 0 Å². The number of carbonyl (C=O) groups excluding carboxylic acids is 1. The van der Waals surface area contributed by atoms with Gasteiger partial charge in [0.15, 0.2) is 0 Å². The molecule has 2 N–H and O–H groups in total. The fourth-order valence-electron chi connectivity index (χ4n) is 1.59. The maximum atomic E-state index is 11.3. The van der Waals surface area contributed by atoms with Crippen LogP contribution in [-0.4, -0.2) is 21.4 Å². The first-order valence-corrected chi connectivity index (χ1v) is 6.83. The van der Waals surface area contributed by atoms with Crippen molar-refractivity contribution in [2.75, 3.05) is 5.33 Å². The molecule has 4 nitrogen and oxygen atoms in total. The molecule has 0 radical (unpaired) electrons. The Bertz CT molecular complexity index is 493. The molecule has 2 aromatic rings. The highest BCUT2D eigenvalue weighted by Gasteiger charge is 2.01. The number of nitrogens with zero attached hydrogens (tertiary/aromatic N) is 1. The summed E-state index contributed by atoms with van der Waals surface area (Å²) in [4.78, 5) is 11.3. The summed E-state index contributed by atoms with van der Waals surface area (Å²) in [5, 5.41) is 10.4. The van der Waals surface area contributed by atoms with Gasteiger partial charge in [-0.2, -0.15) is 5.10 Å². The number of halogens is 1. The molecule has 0 aliphatic rings. The van der Waals surface area contributed by atoms with Crippen molar-refractivity contribution in [1.82, 2.24) is 15.5 Å². The molecule has 0 saturated carbocycles. The first-order valence-electron chi connectivity index (χ1n) is 5.71. The molecule has 0 aliphatic heterocycles. The molecule has 0 atom stereocenters. The summed E-state index contributed by atoms with van der Waals surface area (Å²) in [6.07, 6.45) is 2.23. The molecule has 1 amide bonds. The highest BCUT2D eigenvalue weighted by atomic mass is 79.9. The minimum atomic E-state index is 0.0597. The van der Waals surface area contributed by atoms with E-state index in [1.54, 1.807) is 6.20 Å². The van der Waals surface area contributed by atoms with Crippen LogP contribution in [0, 0.1) is 0 Å². The largest absolute Gasteiger partial charge is 0.352 e. The highest BCUT2D eigenvalue weighted by Crippen LogP contribution is 2.16. The standard InChI is InChI=1S/C13H14BrN3O/c14-7-5-13(18)15-9-10-1-3-11(4-2-10)12-6-8-16-17-12/h1-4,6,8H,5,7,9H2,(H,15,18)(H,16,17). The monoisotopic (exact) mass is 307 g/mol. The topological polar surface area (TPSA) is 57.8 Å². The second-order valence-electron chi connectivity index (χ2n) is 3.88. The van der Waals surface area contributed by atoms with Crippen LogP contribution in [-0.2, 0) is 11.3 Å². The van der Waals surface area contributed by atoms with Crippen molar-refractivity contribution in [3.63, 3.8) is 0 Å². The van der Waals surface area contributed by atoms with E-state index in [1.165, 1.54) is 0 Å². The number of benzene rings is 1. The predicted molar refractivity (Wildman–Crippen MR) is 74.3 cm³/mol. The first kappa shape index (κ1) is 12.8. The van der Waals surface area contributed by atoms with E-state index in [4.69, 9.17) is 0 Å². The average Bonchev–Trinajstić information content (AvgIpc) is 2.91. The number of alkyl halides is 1. The molecule has 1 heterocycles. The van der Waals surface area contributed by atoms with Crippen molar-refractivity contribution in [2.24, 2.45) is 0 Å². The maximum Gasteiger partial charge on any atom is 0.221 e. The van der Waals surface area contributed by atoms with Crippen LogP contribution < -0.4 is 5.32 Å². The van der Waals surface area contributed by atoms with E-state index >= 15 is 0 Å². The third kappa shape index (κ3) is 3.43. The SMILES string of the molecule is O=C(CCBr)NCc1ccc(-c2ccn[nH]2)cc1.